The zero-order chi connectivity index (χ0) is 15.8. The van der Waals surface area contributed by atoms with Gasteiger partial charge in [-0.15, -0.1) is 11.8 Å². The van der Waals surface area contributed by atoms with Crippen LogP contribution in [0.4, 0.5) is 5.69 Å². The van der Waals surface area contributed by atoms with E-state index in [-0.39, 0.29) is 17.4 Å². The summed E-state index contributed by atoms with van der Waals surface area (Å²) in [5, 5.41) is 14.3. The Morgan fingerprint density at radius 3 is 2.57 bits per heavy atom. The first-order chi connectivity index (χ1) is 9.90. The molecule has 21 heavy (non-hydrogen) atoms. The lowest BCUT2D eigenvalue weighted by Gasteiger charge is -2.12. The Hall–Kier alpha value is -1.73. The summed E-state index contributed by atoms with van der Waals surface area (Å²) in [5.41, 5.74) is 0.501. The molecule has 1 aromatic rings. The molecule has 6 nitrogen and oxygen atoms in total. The summed E-state index contributed by atoms with van der Waals surface area (Å²) in [7, 11) is 0. The first-order valence-electron chi connectivity index (χ1n) is 6.02. The summed E-state index contributed by atoms with van der Waals surface area (Å²) in [6.45, 7) is 1.24. The molecule has 0 aliphatic rings. The summed E-state index contributed by atoms with van der Waals surface area (Å²) in [5.74, 6) is -1.69. The second-order valence-corrected chi connectivity index (χ2v) is 5.57. The Labute approximate surface area is 131 Å². The Balaban J connectivity index is 2.41. The Morgan fingerprint density at radius 1 is 1.33 bits per heavy atom. The summed E-state index contributed by atoms with van der Waals surface area (Å²) in [6.07, 6.45) is 0. The highest BCUT2D eigenvalue weighted by molar-refractivity contribution is 8.00. The van der Waals surface area contributed by atoms with Gasteiger partial charge in [-0.3, -0.25) is 9.59 Å². The van der Waals surface area contributed by atoms with E-state index in [0.717, 1.165) is 11.8 Å². The van der Waals surface area contributed by atoms with Gasteiger partial charge in [-0.25, -0.2) is 4.79 Å². The maximum atomic E-state index is 11.7. The van der Waals surface area contributed by atoms with Crippen LogP contribution in [-0.4, -0.2) is 40.4 Å². The van der Waals surface area contributed by atoms with Gasteiger partial charge in [0, 0.05) is 12.7 Å². The van der Waals surface area contributed by atoms with Gasteiger partial charge in [-0.2, -0.15) is 0 Å². The van der Waals surface area contributed by atoms with E-state index in [2.05, 4.69) is 10.6 Å². The fourth-order valence-electron chi connectivity index (χ4n) is 1.44. The number of amides is 2. The lowest BCUT2D eigenvalue weighted by atomic mass is 10.3. The summed E-state index contributed by atoms with van der Waals surface area (Å²) >= 11 is 7.02. The van der Waals surface area contributed by atoms with Crippen LogP contribution in [-0.2, 0) is 14.4 Å². The number of benzene rings is 1. The Morgan fingerprint density at radius 2 is 2.00 bits per heavy atom. The van der Waals surface area contributed by atoms with E-state index in [0.29, 0.717) is 10.7 Å². The zero-order valence-corrected chi connectivity index (χ0v) is 12.8. The summed E-state index contributed by atoms with van der Waals surface area (Å²) in [4.78, 5) is 33.5. The standard InChI is InChI=1S/C13H15ClN2O4S/c1-8(17)15-11(13(19)20)6-21-7-12(18)16-10-5-3-2-4-9(10)14/h2-5,11H,6-7H2,1H3,(H,15,17)(H,16,18)(H,19,20)/t11-/m0/s1. The van der Waals surface area contributed by atoms with Crippen molar-refractivity contribution in [2.75, 3.05) is 16.8 Å². The molecule has 0 bridgehead atoms. The molecule has 0 saturated carbocycles. The molecule has 1 atom stereocenters. The monoisotopic (exact) mass is 330 g/mol. The molecule has 0 saturated heterocycles. The van der Waals surface area contributed by atoms with Crippen molar-refractivity contribution in [2.45, 2.75) is 13.0 Å². The molecule has 0 heterocycles. The average Bonchev–Trinajstić information content (AvgIpc) is 2.39. The second-order valence-electron chi connectivity index (χ2n) is 4.13. The van der Waals surface area contributed by atoms with Crippen molar-refractivity contribution in [1.29, 1.82) is 0 Å². The number of aliphatic carboxylic acids is 1. The first kappa shape index (κ1) is 17.3. The quantitative estimate of drug-likeness (QED) is 0.705. The zero-order valence-electron chi connectivity index (χ0n) is 11.3. The van der Waals surface area contributed by atoms with Crippen molar-refractivity contribution < 1.29 is 19.5 Å². The van der Waals surface area contributed by atoms with Crippen LogP contribution in [0.15, 0.2) is 24.3 Å². The van der Waals surface area contributed by atoms with E-state index in [4.69, 9.17) is 16.7 Å². The summed E-state index contributed by atoms with van der Waals surface area (Å²) in [6, 6.07) is 5.80. The minimum atomic E-state index is -1.13. The number of nitrogens with one attached hydrogen (secondary N) is 2. The van der Waals surface area contributed by atoms with Crippen molar-refractivity contribution in [3.8, 4) is 0 Å². The number of thioether (sulfide) groups is 1. The Kier molecular flexibility index (Phi) is 7.04. The van der Waals surface area contributed by atoms with Gasteiger partial charge in [0.2, 0.25) is 11.8 Å². The molecule has 0 radical (unpaired) electrons. The molecule has 8 heteroatoms. The molecular weight excluding hydrogens is 316 g/mol. The van der Waals surface area contributed by atoms with Gasteiger partial charge in [0.05, 0.1) is 16.5 Å². The van der Waals surface area contributed by atoms with Gasteiger partial charge in [0.25, 0.3) is 0 Å². The van der Waals surface area contributed by atoms with Gasteiger partial charge in [0.15, 0.2) is 0 Å². The Bertz CT molecular complexity index is 539. The number of para-hydroxylation sites is 1. The van der Waals surface area contributed by atoms with E-state index < -0.39 is 17.9 Å². The van der Waals surface area contributed by atoms with E-state index in [1.807, 2.05) is 0 Å². The van der Waals surface area contributed by atoms with Crippen LogP contribution in [0, 0.1) is 0 Å². The number of anilines is 1. The van der Waals surface area contributed by atoms with E-state index in [9.17, 15) is 14.4 Å². The number of hydrogen-bond donors (Lipinski definition) is 3. The van der Waals surface area contributed by atoms with Crippen molar-refractivity contribution >= 4 is 46.8 Å². The predicted molar refractivity (Wildman–Crippen MR) is 82.6 cm³/mol. The van der Waals surface area contributed by atoms with E-state index >= 15 is 0 Å². The maximum Gasteiger partial charge on any atom is 0.327 e. The lowest BCUT2D eigenvalue weighted by Crippen LogP contribution is -2.41. The molecule has 1 rings (SSSR count). The highest BCUT2D eigenvalue weighted by atomic mass is 35.5. The summed E-state index contributed by atoms with van der Waals surface area (Å²) < 4.78 is 0. The molecule has 0 fully saturated rings. The SMILES string of the molecule is CC(=O)N[C@@H](CSCC(=O)Nc1ccccc1Cl)C(=O)O. The third-order valence-corrected chi connectivity index (χ3v) is 3.71. The van der Waals surface area contributed by atoms with Crippen molar-refractivity contribution in [3.63, 3.8) is 0 Å². The number of carboxylic acid groups (broad SMARTS) is 1. The van der Waals surface area contributed by atoms with Gasteiger partial charge in [-0.1, -0.05) is 23.7 Å². The van der Waals surface area contributed by atoms with Gasteiger partial charge >= 0.3 is 5.97 Å². The largest absolute Gasteiger partial charge is 0.480 e. The maximum absolute atomic E-state index is 11.7. The molecule has 0 aromatic heterocycles. The third kappa shape index (κ3) is 6.50. The first-order valence-corrected chi connectivity index (χ1v) is 7.55. The minimum Gasteiger partial charge on any atom is -0.480 e. The van der Waals surface area contributed by atoms with Gasteiger partial charge in [-0.05, 0) is 12.1 Å². The van der Waals surface area contributed by atoms with E-state index in [1.165, 1.54) is 6.92 Å². The number of carbonyl (C=O) groups is 3. The van der Waals surface area contributed by atoms with Gasteiger partial charge < -0.3 is 15.7 Å². The lowest BCUT2D eigenvalue weighted by molar-refractivity contribution is -0.140. The number of rotatable bonds is 7. The molecule has 114 valence electrons. The van der Waals surface area contributed by atoms with Crippen molar-refractivity contribution in [3.05, 3.63) is 29.3 Å². The molecule has 0 spiro atoms. The number of halogens is 1. The van der Waals surface area contributed by atoms with Crippen LogP contribution in [0.25, 0.3) is 0 Å². The molecule has 0 unspecified atom stereocenters. The van der Waals surface area contributed by atoms with Crippen molar-refractivity contribution in [1.82, 2.24) is 5.32 Å². The topological polar surface area (TPSA) is 95.5 Å². The highest BCUT2D eigenvalue weighted by Gasteiger charge is 2.18. The van der Waals surface area contributed by atoms with Crippen LogP contribution < -0.4 is 10.6 Å². The number of carbonyl (C=O) groups excluding carboxylic acids is 2. The molecule has 1 aromatic carbocycles. The second kappa shape index (κ2) is 8.53. The number of hydrogen-bond acceptors (Lipinski definition) is 4. The number of carboxylic acids is 1. The molecule has 2 amide bonds. The minimum absolute atomic E-state index is 0.0641. The average molecular weight is 331 g/mol. The third-order valence-electron chi connectivity index (χ3n) is 2.34. The molecular formula is C13H15ClN2O4S. The normalized spacial score (nSPS) is 11.5. The smallest absolute Gasteiger partial charge is 0.327 e. The van der Waals surface area contributed by atoms with Crippen LogP contribution in [0.5, 0.6) is 0 Å². The van der Waals surface area contributed by atoms with Crippen molar-refractivity contribution in [2.24, 2.45) is 0 Å². The molecule has 3 N–H and O–H groups in total. The molecule has 0 aliphatic carbocycles. The van der Waals surface area contributed by atoms with Crippen LogP contribution in [0.1, 0.15) is 6.92 Å². The van der Waals surface area contributed by atoms with E-state index in [1.54, 1.807) is 24.3 Å². The fraction of sp³-hybridized carbons (Fsp3) is 0.308. The van der Waals surface area contributed by atoms with Crippen LogP contribution >= 0.6 is 23.4 Å². The highest BCUT2D eigenvalue weighted by Crippen LogP contribution is 2.20. The van der Waals surface area contributed by atoms with Gasteiger partial charge in [0.1, 0.15) is 6.04 Å². The predicted octanol–water partition coefficient (Wildman–Crippen LogP) is 1.60. The van der Waals surface area contributed by atoms with Crippen LogP contribution in [0.3, 0.4) is 0 Å². The fourth-order valence-corrected chi connectivity index (χ4v) is 2.46. The van der Waals surface area contributed by atoms with Crippen LogP contribution in [0.2, 0.25) is 5.02 Å². The molecule has 0 aliphatic heterocycles.